The van der Waals surface area contributed by atoms with Crippen LogP contribution in [-0.4, -0.2) is 36.9 Å². The van der Waals surface area contributed by atoms with Crippen molar-refractivity contribution in [3.63, 3.8) is 0 Å². The van der Waals surface area contributed by atoms with Crippen LogP contribution in [0.15, 0.2) is 54.9 Å². The molecule has 10 heteroatoms. The summed E-state index contributed by atoms with van der Waals surface area (Å²) in [5.41, 5.74) is 2.85. The van der Waals surface area contributed by atoms with Crippen LogP contribution in [0.4, 0.5) is 4.39 Å². The van der Waals surface area contributed by atoms with E-state index in [2.05, 4.69) is 25.3 Å². The van der Waals surface area contributed by atoms with Crippen LogP contribution in [0.2, 0.25) is 5.02 Å². The van der Waals surface area contributed by atoms with Gasteiger partial charge in [-0.25, -0.2) is 9.37 Å². The SMILES string of the molecule is COc1cnc2c(OCc3nnc4ccc(-c5cc(F)cc(Cl)c5)nn34)ccnc2c1. The number of rotatable bonds is 5. The fourth-order valence-corrected chi connectivity index (χ4v) is 3.36. The van der Waals surface area contributed by atoms with E-state index in [-0.39, 0.29) is 11.6 Å². The molecule has 0 spiro atoms. The predicted octanol–water partition coefficient (Wildman–Crippen LogP) is 4.11. The molecule has 8 nitrogen and oxygen atoms in total. The summed E-state index contributed by atoms with van der Waals surface area (Å²) < 4.78 is 26.4. The summed E-state index contributed by atoms with van der Waals surface area (Å²) in [6, 6.07) is 11.2. The minimum absolute atomic E-state index is 0.0916. The molecule has 0 radical (unpaired) electrons. The van der Waals surface area contributed by atoms with Gasteiger partial charge in [0.25, 0.3) is 0 Å². The first-order valence-electron chi connectivity index (χ1n) is 9.20. The maximum atomic E-state index is 13.7. The average molecular weight is 437 g/mol. The van der Waals surface area contributed by atoms with Gasteiger partial charge >= 0.3 is 0 Å². The number of nitrogens with zero attached hydrogens (tertiary/aromatic N) is 6. The molecule has 0 saturated heterocycles. The molecule has 0 atom stereocenters. The third-order valence-corrected chi connectivity index (χ3v) is 4.81. The summed E-state index contributed by atoms with van der Waals surface area (Å²) in [5.74, 6) is 1.18. The van der Waals surface area contributed by atoms with E-state index in [1.807, 2.05) is 0 Å². The Morgan fingerprint density at radius 1 is 1.06 bits per heavy atom. The normalized spacial score (nSPS) is 11.2. The van der Waals surface area contributed by atoms with Gasteiger partial charge in [0.15, 0.2) is 11.5 Å². The molecule has 5 aromatic rings. The third kappa shape index (κ3) is 3.71. The molecule has 0 aliphatic carbocycles. The van der Waals surface area contributed by atoms with Crippen molar-refractivity contribution in [2.24, 2.45) is 0 Å². The Morgan fingerprint density at radius 3 is 2.81 bits per heavy atom. The molecule has 0 amide bonds. The molecule has 0 fully saturated rings. The lowest BCUT2D eigenvalue weighted by molar-refractivity contribution is 0.295. The molecule has 154 valence electrons. The van der Waals surface area contributed by atoms with Crippen molar-refractivity contribution in [3.05, 3.63) is 71.5 Å². The van der Waals surface area contributed by atoms with Crippen molar-refractivity contribution in [1.82, 2.24) is 29.8 Å². The molecule has 0 N–H and O–H groups in total. The zero-order valence-electron chi connectivity index (χ0n) is 16.2. The van der Waals surface area contributed by atoms with E-state index in [1.54, 1.807) is 54.4 Å². The Balaban J connectivity index is 1.47. The van der Waals surface area contributed by atoms with E-state index in [0.29, 0.717) is 45.3 Å². The molecule has 1 aromatic carbocycles. The number of hydrogen-bond acceptors (Lipinski definition) is 7. The van der Waals surface area contributed by atoms with Gasteiger partial charge in [0.05, 0.1) is 24.5 Å². The Bertz CT molecular complexity index is 1400. The van der Waals surface area contributed by atoms with Crippen LogP contribution in [0.5, 0.6) is 11.5 Å². The highest BCUT2D eigenvalue weighted by atomic mass is 35.5. The van der Waals surface area contributed by atoms with Crippen molar-refractivity contribution in [2.45, 2.75) is 6.61 Å². The lowest BCUT2D eigenvalue weighted by Crippen LogP contribution is -2.05. The minimum atomic E-state index is -0.439. The van der Waals surface area contributed by atoms with E-state index in [0.717, 1.165) is 0 Å². The monoisotopic (exact) mass is 436 g/mol. The highest BCUT2D eigenvalue weighted by molar-refractivity contribution is 6.30. The molecule has 0 unspecified atom stereocenters. The standard InChI is InChI=1S/C21H14ClFN6O2/c1-30-15-9-17-21(25-10-15)18(4-5-24-17)31-11-20-27-26-19-3-2-16(28-29(19)20)12-6-13(22)8-14(23)7-12/h2-10H,11H2,1H3. The molecule has 31 heavy (non-hydrogen) atoms. The lowest BCUT2D eigenvalue weighted by Gasteiger charge is -2.08. The van der Waals surface area contributed by atoms with Crippen molar-refractivity contribution in [3.8, 4) is 22.8 Å². The van der Waals surface area contributed by atoms with E-state index < -0.39 is 5.82 Å². The van der Waals surface area contributed by atoms with E-state index >= 15 is 0 Å². The van der Waals surface area contributed by atoms with Crippen molar-refractivity contribution in [1.29, 1.82) is 0 Å². The fraction of sp³-hybridized carbons (Fsp3) is 0.0952. The summed E-state index contributed by atoms with van der Waals surface area (Å²) in [7, 11) is 1.57. The van der Waals surface area contributed by atoms with Gasteiger partial charge in [-0.2, -0.15) is 9.61 Å². The molecule has 4 heterocycles. The number of hydrogen-bond donors (Lipinski definition) is 0. The van der Waals surface area contributed by atoms with Crippen molar-refractivity contribution in [2.75, 3.05) is 7.11 Å². The lowest BCUT2D eigenvalue weighted by atomic mass is 10.1. The fourth-order valence-electron chi connectivity index (χ4n) is 3.14. The molecule has 5 rings (SSSR count). The number of fused-ring (bicyclic) bond motifs is 2. The largest absolute Gasteiger partial charge is 0.495 e. The predicted molar refractivity (Wildman–Crippen MR) is 112 cm³/mol. The van der Waals surface area contributed by atoms with Crippen LogP contribution in [0.25, 0.3) is 27.9 Å². The summed E-state index contributed by atoms with van der Waals surface area (Å²) in [4.78, 5) is 8.66. The number of benzene rings is 1. The zero-order valence-corrected chi connectivity index (χ0v) is 16.9. The van der Waals surface area contributed by atoms with Crippen molar-refractivity contribution >= 4 is 28.3 Å². The first-order valence-corrected chi connectivity index (χ1v) is 9.58. The maximum absolute atomic E-state index is 13.7. The number of ether oxygens (including phenoxy) is 2. The van der Waals surface area contributed by atoms with Crippen molar-refractivity contribution < 1.29 is 13.9 Å². The number of halogens is 2. The number of aromatic nitrogens is 6. The van der Waals surface area contributed by atoms with Gasteiger partial charge in [0, 0.05) is 28.9 Å². The summed E-state index contributed by atoms with van der Waals surface area (Å²) in [5, 5.41) is 13.1. The van der Waals surface area contributed by atoms with E-state index in [1.165, 1.54) is 12.1 Å². The minimum Gasteiger partial charge on any atom is -0.495 e. The first kappa shape index (κ1) is 19.1. The number of pyridine rings is 2. The van der Waals surface area contributed by atoms with Gasteiger partial charge < -0.3 is 9.47 Å². The van der Waals surface area contributed by atoms with Gasteiger partial charge in [-0.1, -0.05) is 11.6 Å². The first-order chi connectivity index (χ1) is 15.1. The highest BCUT2D eigenvalue weighted by Crippen LogP contribution is 2.26. The average Bonchev–Trinajstić information content (AvgIpc) is 3.18. The van der Waals surface area contributed by atoms with Crippen LogP contribution in [0, 0.1) is 5.82 Å². The molecule has 0 bridgehead atoms. The summed E-state index contributed by atoms with van der Waals surface area (Å²) in [6.45, 7) is 0.0916. The topological polar surface area (TPSA) is 87.3 Å². The maximum Gasteiger partial charge on any atom is 0.192 e. The van der Waals surface area contributed by atoms with Crippen LogP contribution in [0.1, 0.15) is 5.82 Å². The molecule has 0 aliphatic rings. The second-order valence-corrected chi connectivity index (χ2v) is 7.04. The van der Waals surface area contributed by atoms with Gasteiger partial charge in [-0.15, -0.1) is 10.2 Å². The Hall–Kier alpha value is -3.85. The quantitative estimate of drug-likeness (QED) is 0.409. The second kappa shape index (κ2) is 7.77. The molecule has 0 aliphatic heterocycles. The molecule has 4 aromatic heterocycles. The molecular weight excluding hydrogens is 423 g/mol. The van der Waals surface area contributed by atoms with Gasteiger partial charge in [-0.3, -0.25) is 4.98 Å². The van der Waals surface area contributed by atoms with Gasteiger partial charge in [-0.05, 0) is 30.3 Å². The van der Waals surface area contributed by atoms with Crippen LogP contribution in [-0.2, 0) is 6.61 Å². The summed E-state index contributed by atoms with van der Waals surface area (Å²) >= 11 is 5.97. The van der Waals surface area contributed by atoms with Crippen LogP contribution < -0.4 is 9.47 Å². The molecular formula is C21H14ClFN6O2. The third-order valence-electron chi connectivity index (χ3n) is 4.59. The van der Waals surface area contributed by atoms with E-state index in [9.17, 15) is 4.39 Å². The van der Waals surface area contributed by atoms with Crippen LogP contribution >= 0.6 is 11.6 Å². The van der Waals surface area contributed by atoms with Gasteiger partial charge in [0.2, 0.25) is 0 Å². The Labute approximate surface area is 180 Å². The van der Waals surface area contributed by atoms with Crippen LogP contribution in [0.3, 0.4) is 0 Å². The zero-order chi connectivity index (χ0) is 21.4. The smallest absolute Gasteiger partial charge is 0.192 e. The second-order valence-electron chi connectivity index (χ2n) is 6.60. The number of methoxy groups -OCH3 is 1. The summed E-state index contributed by atoms with van der Waals surface area (Å²) in [6.07, 6.45) is 3.23. The Kier molecular flexibility index (Phi) is 4.79. The Morgan fingerprint density at radius 2 is 1.97 bits per heavy atom. The molecule has 0 saturated carbocycles. The van der Waals surface area contributed by atoms with Gasteiger partial charge in [0.1, 0.15) is 29.4 Å². The van der Waals surface area contributed by atoms with E-state index in [4.69, 9.17) is 21.1 Å². The highest BCUT2D eigenvalue weighted by Gasteiger charge is 2.12.